The molecule has 0 fully saturated rings. The number of rotatable bonds is 7. The highest BCUT2D eigenvalue weighted by atomic mass is 16.5. The molecule has 0 aliphatic rings. The third kappa shape index (κ3) is 4.56. The van der Waals surface area contributed by atoms with Crippen molar-refractivity contribution >= 4 is 5.91 Å². The lowest BCUT2D eigenvalue weighted by Crippen LogP contribution is -2.28. The van der Waals surface area contributed by atoms with Crippen LogP contribution >= 0.6 is 0 Å². The van der Waals surface area contributed by atoms with E-state index in [-0.39, 0.29) is 5.91 Å². The first-order valence-electron chi connectivity index (χ1n) is 8.32. The van der Waals surface area contributed by atoms with Crippen LogP contribution in [0.3, 0.4) is 0 Å². The molecule has 130 valence electrons. The molecule has 0 aliphatic carbocycles. The summed E-state index contributed by atoms with van der Waals surface area (Å²) in [6.45, 7) is 3.07. The molecule has 0 aliphatic heterocycles. The average Bonchev–Trinajstić information content (AvgIpc) is 3.22. The van der Waals surface area contributed by atoms with Crippen LogP contribution in [0.15, 0.2) is 53.3 Å². The van der Waals surface area contributed by atoms with Crippen LogP contribution in [0, 0.1) is 6.92 Å². The van der Waals surface area contributed by atoms with Gasteiger partial charge in [-0.25, -0.2) is 4.98 Å². The lowest BCUT2D eigenvalue weighted by Gasteiger charge is -2.17. The molecule has 1 aromatic carbocycles. The van der Waals surface area contributed by atoms with Crippen LogP contribution in [0.5, 0.6) is 0 Å². The van der Waals surface area contributed by atoms with E-state index in [2.05, 4.69) is 26.8 Å². The Labute approximate surface area is 147 Å². The highest BCUT2D eigenvalue weighted by molar-refractivity contribution is 5.76. The van der Waals surface area contributed by atoms with Gasteiger partial charge < -0.3 is 14.0 Å². The molecule has 0 bridgehead atoms. The molecule has 0 saturated carbocycles. The number of aromatic nitrogens is 3. The van der Waals surface area contributed by atoms with Gasteiger partial charge in [-0.2, -0.15) is 0 Å². The molecule has 6 nitrogen and oxygen atoms in total. The van der Waals surface area contributed by atoms with Gasteiger partial charge in [0.25, 0.3) is 0 Å². The minimum absolute atomic E-state index is 0.0647. The molecule has 25 heavy (non-hydrogen) atoms. The van der Waals surface area contributed by atoms with Gasteiger partial charge in [0.05, 0.1) is 12.2 Å². The largest absolute Gasteiger partial charge is 0.361 e. The first kappa shape index (κ1) is 17.0. The van der Waals surface area contributed by atoms with Crippen LogP contribution in [0.4, 0.5) is 0 Å². The molecule has 0 radical (unpaired) electrons. The van der Waals surface area contributed by atoms with Crippen LogP contribution in [0.2, 0.25) is 0 Å². The second kappa shape index (κ2) is 7.79. The molecule has 0 spiro atoms. The smallest absolute Gasteiger partial charge is 0.223 e. The van der Waals surface area contributed by atoms with Crippen LogP contribution in [0.25, 0.3) is 0 Å². The number of imidazole rings is 1. The van der Waals surface area contributed by atoms with Crippen molar-refractivity contribution in [3.8, 4) is 0 Å². The number of nitrogens with zero attached hydrogens (tertiary/aromatic N) is 4. The summed E-state index contributed by atoms with van der Waals surface area (Å²) in [5, 5.41) is 3.92. The van der Waals surface area contributed by atoms with E-state index in [1.54, 1.807) is 18.1 Å². The van der Waals surface area contributed by atoms with Crippen molar-refractivity contribution in [3.63, 3.8) is 0 Å². The monoisotopic (exact) mass is 338 g/mol. The van der Waals surface area contributed by atoms with Crippen LogP contribution in [-0.2, 0) is 24.3 Å². The van der Waals surface area contributed by atoms with Crippen LogP contribution < -0.4 is 0 Å². The number of hydrogen-bond donors (Lipinski definition) is 0. The molecule has 3 aromatic rings. The van der Waals surface area contributed by atoms with E-state index in [0.717, 1.165) is 23.8 Å². The predicted molar refractivity (Wildman–Crippen MR) is 93.8 cm³/mol. The zero-order valence-corrected chi connectivity index (χ0v) is 14.6. The quantitative estimate of drug-likeness (QED) is 0.664. The van der Waals surface area contributed by atoms with Gasteiger partial charge in [0, 0.05) is 44.9 Å². The van der Waals surface area contributed by atoms with E-state index in [1.807, 2.05) is 37.4 Å². The Morgan fingerprint density at radius 3 is 2.80 bits per heavy atom. The SMILES string of the molecule is Cc1cc(CCC(=O)N(C)Cc2nccn2Cc2ccccc2)no1. The Kier molecular flexibility index (Phi) is 5.28. The maximum atomic E-state index is 12.3. The number of amides is 1. The highest BCUT2D eigenvalue weighted by Gasteiger charge is 2.13. The zero-order valence-electron chi connectivity index (χ0n) is 14.6. The fourth-order valence-electron chi connectivity index (χ4n) is 2.68. The summed E-state index contributed by atoms with van der Waals surface area (Å²) in [7, 11) is 1.80. The summed E-state index contributed by atoms with van der Waals surface area (Å²) in [5.41, 5.74) is 2.02. The van der Waals surface area contributed by atoms with Gasteiger partial charge in [0.15, 0.2) is 0 Å². The summed E-state index contributed by atoms with van der Waals surface area (Å²) in [6, 6.07) is 12.1. The number of carbonyl (C=O) groups excluding carboxylic acids is 1. The normalized spacial score (nSPS) is 10.8. The van der Waals surface area contributed by atoms with Gasteiger partial charge in [-0.05, 0) is 12.5 Å². The topological polar surface area (TPSA) is 64.2 Å². The summed E-state index contributed by atoms with van der Waals surface area (Å²) in [4.78, 5) is 18.5. The molecule has 1 amide bonds. The van der Waals surface area contributed by atoms with Crippen molar-refractivity contribution in [2.24, 2.45) is 0 Å². The van der Waals surface area contributed by atoms with Gasteiger partial charge in [0.2, 0.25) is 5.91 Å². The van der Waals surface area contributed by atoms with Crippen molar-refractivity contribution in [3.05, 3.63) is 71.6 Å². The molecule has 2 heterocycles. The number of aryl methyl sites for hydroxylation is 2. The second-order valence-electron chi connectivity index (χ2n) is 6.14. The Bertz CT molecular complexity index is 823. The molecule has 3 rings (SSSR count). The van der Waals surface area contributed by atoms with Crippen molar-refractivity contribution in [2.75, 3.05) is 7.05 Å². The van der Waals surface area contributed by atoms with E-state index in [1.165, 1.54) is 5.56 Å². The van der Waals surface area contributed by atoms with Crippen molar-refractivity contribution in [1.82, 2.24) is 19.6 Å². The summed E-state index contributed by atoms with van der Waals surface area (Å²) in [5.74, 6) is 1.70. The Morgan fingerprint density at radius 2 is 2.08 bits per heavy atom. The van der Waals surface area contributed by atoms with Crippen molar-refractivity contribution in [2.45, 2.75) is 32.9 Å². The minimum atomic E-state index is 0.0647. The standard InChI is InChI=1S/C19H22N4O2/c1-15-12-17(21-25-15)8-9-19(24)22(2)14-18-20-10-11-23(18)13-16-6-4-3-5-7-16/h3-7,10-12H,8-9,13-14H2,1-2H3. The first-order chi connectivity index (χ1) is 12.1. The van der Waals surface area contributed by atoms with E-state index in [9.17, 15) is 4.79 Å². The molecule has 0 N–H and O–H groups in total. The third-order valence-corrected chi connectivity index (χ3v) is 4.07. The van der Waals surface area contributed by atoms with Crippen molar-refractivity contribution in [1.29, 1.82) is 0 Å². The molecule has 0 atom stereocenters. The molecule has 6 heteroatoms. The molecular weight excluding hydrogens is 316 g/mol. The highest BCUT2D eigenvalue weighted by Crippen LogP contribution is 2.10. The fraction of sp³-hybridized carbons (Fsp3) is 0.316. The summed E-state index contributed by atoms with van der Waals surface area (Å²) in [6.07, 6.45) is 4.70. The minimum Gasteiger partial charge on any atom is -0.361 e. The summed E-state index contributed by atoms with van der Waals surface area (Å²) >= 11 is 0. The molecule has 0 unspecified atom stereocenters. The van der Waals surface area contributed by atoms with E-state index in [0.29, 0.717) is 19.4 Å². The Balaban J connectivity index is 1.56. The number of benzene rings is 1. The van der Waals surface area contributed by atoms with Crippen LogP contribution in [0.1, 0.15) is 29.3 Å². The van der Waals surface area contributed by atoms with Crippen molar-refractivity contribution < 1.29 is 9.32 Å². The Hall–Kier alpha value is -2.89. The first-order valence-corrected chi connectivity index (χ1v) is 8.32. The Morgan fingerprint density at radius 1 is 1.28 bits per heavy atom. The maximum absolute atomic E-state index is 12.3. The van der Waals surface area contributed by atoms with Gasteiger partial charge in [-0.3, -0.25) is 4.79 Å². The van der Waals surface area contributed by atoms with Gasteiger partial charge in [0.1, 0.15) is 11.6 Å². The molecular formula is C19H22N4O2. The zero-order chi connectivity index (χ0) is 17.6. The fourth-order valence-corrected chi connectivity index (χ4v) is 2.68. The lowest BCUT2D eigenvalue weighted by atomic mass is 10.2. The third-order valence-electron chi connectivity index (χ3n) is 4.07. The van der Waals surface area contributed by atoms with Crippen LogP contribution in [-0.4, -0.2) is 32.6 Å². The molecule has 2 aromatic heterocycles. The average molecular weight is 338 g/mol. The van der Waals surface area contributed by atoms with Gasteiger partial charge in [-0.1, -0.05) is 35.5 Å². The van der Waals surface area contributed by atoms with Gasteiger partial charge in [-0.15, -0.1) is 0 Å². The van der Waals surface area contributed by atoms with Gasteiger partial charge >= 0.3 is 0 Å². The molecule has 0 saturated heterocycles. The van der Waals surface area contributed by atoms with E-state index in [4.69, 9.17) is 4.52 Å². The lowest BCUT2D eigenvalue weighted by molar-refractivity contribution is -0.130. The summed E-state index contributed by atoms with van der Waals surface area (Å²) < 4.78 is 7.10. The van der Waals surface area contributed by atoms with E-state index < -0.39 is 0 Å². The maximum Gasteiger partial charge on any atom is 0.223 e. The van der Waals surface area contributed by atoms with E-state index >= 15 is 0 Å². The predicted octanol–water partition coefficient (Wildman–Crippen LogP) is 2.82. The second-order valence-corrected chi connectivity index (χ2v) is 6.14. The number of carbonyl (C=O) groups is 1. The number of hydrogen-bond acceptors (Lipinski definition) is 4.